The molecule has 90 valence electrons. The average molecular weight is 231 g/mol. The van der Waals surface area contributed by atoms with Gasteiger partial charge in [0.1, 0.15) is 11.6 Å². The molecule has 0 aliphatic rings. The molecule has 17 heavy (non-hydrogen) atoms. The van der Waals surface area contributed by atoms with Gasteiger partial charge in [0, 0.05) is 25.4 Å². The van der Waals surface area contributed by atoms with Gasteiger partial charge in [0.25, 0.3) is 0 Å². The van der Waals surface area contributed by atoms with Crippen LogP contribution >= 0.6 is 0 Å². The van der Waals surface area contributed by atoms with E-state index in [4.69, 9.17) is 5.73 Å². The van der Waals surface area contributed by atoms with E-state index in [9.17, 15) is 5.11 Å². The van der Waals surface area contributed by atoms with E-state index in [1.54, 1.807) is 18.3 Å². The van der Waals surface area contributed by atoms with Crippen molar-refractivity contribution in [3.8, 4) is 5.75 Å². The quantitative estimate of drug-likeness (QED) is 0.840. The van der Waals surface area contributed by atoms with Crippen LogP contribution in [0.4, 0.5) is 0 Å². The van der Waals surface area contributed by atoms with Crippen molar-refractivity contribution in [2.75, 3.05) is 6.54 Å². The molecule has 0 spiro atoms. The molecular formula is C13H17N3O. The summed E-state index contributed by atoms with van der Waals surface area (Å²) in [6.45, 7) is 0.610. The van der Waals surface area contributed by atoms with Crippen molar-refractivity contribution >= 4 is 0 Å². The van der Waals surface area contributed by atoms with Crippen LogP contribution in [-0.4, -0.2) is 21.2 Å². The lowest BCUT2D eigenvalue weighted by Crippen LogP contribution is -2.12. The molecule has 0 fully saturated rings. The van der Waals surface area contributed by atoms with Crippen molar-refractivity contribution in [2.24, 2.45) is 12.8 Å². The SMILES string of the molecule is Cn1ccnc1C(CCN)c1ccc(O)cc1. The van der Waals surface area contributed by atoms with E-state index in [-0.39, 0.29) is 11.7 Å². The van der Waals surface area contributed by atoms with Gasteiger partial charge in [0.2, 0.25) is 0 Å². The molecule has 1 unspecified atom stereocenters. The van der Waals surface area contributed by atoms with Crippen LogP contribution < -0.4 is 5.73 Å². The zero-order valence-corrected chi connectivity index (χ0v) is 9.87. The summed E-state index contributed by atoms with van der Waals surface area (Å²) in [5.41, 5.74) is 6.79. The Kier molecular flexibility index (Phi) is 3.44. The number of hydrogen-bond acceptors (Lipinski definition) is 3. The van der Waals surface area contributed by atoms with E-state index >= 15 is 0 Å². The number of imidazole rings is 1. The maximum Gasteiger partial charge on any atom is 0.115 e. The van der Waals surface area contributed by atoms with Gasteiger partial charge in [0.15, 0.2) is 0 Å². The second-order valence-electron chi connectivity index (χ2n) is 4.12. The monoisotopic (exact) mass is 231 g/mol. The van der Waals surface area contributed by atoms with Crippen molar-refractivity contribution in [3.63, 3.8) is 0 Å². The van der Waals surface area contributed by atoms with Crippen molar-refractivity contribution in [1.82, 2.24) is 9.55 Å². The first kappa shape index (κ1) is 11.7. The molecule has 3 N–H and O–H groups in total. The van der Waals surface area contributed by atoms with Gasteiger partial charge in [-0.05, 0) is 30.7 Å². The number of phenolic OH excluding ortho intramolecular Hbond substituents is 1. The van der Waals surface area contributed by atoms with Crippen LogP contribution in [0.3, 0.4) is 0 Å². The Bertz CT molecular complexity index is 476. The first-order chi connectivity index (χ1) is 8.22. The van der Waals surface area contributed by atoms with E-state index < -0.39 is 0 Å². The second kappa shape index (κ2) is 5.01. The van der Waals surface area contributed by atoms with Crippen LogP contribution in [0.25, 0.3) is 0 Å². The van der Waals surface area contributed by atoms with Gasteiger partial charge in [-0.25, -0.2) is 4.98 Å². The summed E-state index contributed by atoms with van der Waals surface area (Å²) in [5.74, 6) is 1.46. The number of benzene rings is 1. The normalized spacial score (nSPS) is 12.6. The Morgan fingerprint density at radius 3 is 2.59 bits per heavy atom. The molecule has 1 heterocycles. The number of aromatic hydroxyl groups is 1. The van der Waals surface area contributed by atoms with E-state index in [1.807, 2.05) is 29.9 Å². The summed E-state index contributed by atoms with van der Waals surface area (Å²) in [5, 5.41) is 9.31. The third-order valence-electron chi connectivity index (χ3n) is 2.92. The summed E-state index contributed by atoms with van der Waals surface area (Å²) >= 11 is 0. The number of phenols is 1. The van der Waals surface area contributed by atoms with Crippen LogP contribution in [0.5, 0.6) is 5.75 Å². The molecule has 1 aromatic carbocycles. The van der Waals surface area contributed by atoms with E-state index in [2.05, 4.69) is 4.98 Å². The average Bonchev–Trinajstić information content (AvgIpc) is 2.74. The minimum absolute atomic E-state index is 0.181. The summed E-state index contributed by atoms with van der Waals surface area (Å²) in [7, 11) is 1.98. The number of aryl methyl sites for hydroxylation is 1. The molecule has 1 aromatic heterocycles. The summed E-state index contributed by atoms with van der Waals surface area (Å²) in [6.07, 6.45) is 4.56. The highest BCUT2D eigenvalue weighted by Crippen LogP contribution is 2.27. The Balaban J connectivity index is 2.35. The van der Waals surface area contributed by atoms with Crippen LogP contribution in [0.2, 0.25) is 0 Å². The van der Waals surface area contributed by atoms with E-state index in [1.165, 1.54) is 0 Å². The molecule has 0 radical (unpaired) electrons. The highest BCUT2D eigenvalue weighted by molar-refractivity contribution is 5.31. The molecular weight excluding hydrogens is 214 g/mol. The fourth-order valence-corrected chi connectivity index (χ4v) is 2.03. The largest absolute Gasteiger partial charge is 0.508 e. The van der Waals surface area contributed by atoms with Gasteiger partial charge in [0.05, 0.1) is 0 Å². The lowest BCUT2D eigenvalue weighted by Gasteiger charge is -2.16. The smallest absolute Gasteiger partial charge is 0.115 e. The van der Waals surface area contributed by atoms with Gasteiger partial charge in [-0.15, -0.1) is 0 Å². The van der Waals surface area contributed by atoms with Gasteiger partial charge < -0.3 is 15.4 Å². The predicted molar refractivity (Wildman–Crippen MR) is 66.8 cm³/mol. The molecule has 0 saturated carbocycles. The van der Waals surface area contributed by atoms with Crippen LogP contribution in [0.1, 0.15) is 23.7 Å². The number of aromatic nitrogens is 2. The molecule has 0 aliphatic carbocycles. The lowest BCUT2D eigenvalue weighted by molar-refractivity contribution is 0.475. The van der Waals surface area contributed by atoms with E-state index in [0.717, 1.165) is 17.8 Å². The Hall–Kier alpha value is -1.81. The minimum atomic E-state index is 0.181. The first-order valence-electron chi connectivity index (χ1n) is 5.68. The maximum absolute atomic E-state index is 9.31. The van der Waals surface area contributed by atoms with Crippen molar-refractivity contribution in [3.05, 3.63) is 48.0 Å². The fourth-order valence-electron chi connectivity index (χ4n) is 2.03. The van der Waals surface area contributed by atoms with Crippen LogP contribution in [0, 0.1) is 0 Å². The lowest BCUT2D eigenvalue weighted by atomic mass is 9.95. The van der Waals surface area contributed by atoms with Gasteiger partial charge in [-0.3, -0.25) is 0 Å². The van der Waals surface area contributed by atoms with Crippen molar-refractivity contribution in [1.29, 1.82) is 0 Å². The van der Waals surface area contributed by atoms with Gasteiger partial charge in [-0.2, -0.15) is 0 Å². The highest BCUT2D eigenvalue weighted by Gasteiger charge is 2.17. The topological polar surface area (TPSA) is 64.1 Å². The van der Waals surface area contributed by atoms with Gasteiger partial charge in [-0.1, -0.05) is 12.1 Å². The van der Waals surface area contributed by atoms with Crippen LogP contribution in [0.15, 0.2) is 36.7 Å². The molecule has 0 aliphatic heterocycles. The number of rotatable bonds is 4. The molecule has 1 atom stereocenters. The van der Waals surface area contributed by atoms with E-state index in [0.29, 0.717) is 6.54 Å². The highest BCUT2D eigenvalue weighted by atomic mass is 16.3. The molecule has 2 aromatic rings. The fraction of sp³-hybridized carbons (Fsp3) is 0.308. The molecule has 4 nitrogen and oxygen atoms in total. The number of hydrogen-bond donors (Lipinski definition) is 2. The van der Waals surface area contributed by atoms with Gasteiger partial charge >= 0.3 is 0 Å². The zero-order valence-electron chi connectivity index (χ0n) is 9.87. The second-order valence-corrected chi connectivity index (χ2v) is 4.12. The summed E-state index contributed by atoms with van der Waals surface area (Å²) in [6, 6.07) is 7.23. The molecule has 0 bridgehead atoms. The maximum atomic E-state index is 9.31. The van der Waals surface area contributed by atoms with Crippen LogP contribution in [-0.2, 0) is 7.05 Å². The first-order valence-corrected chi connectivity index (χ1v) is 5.68. The summed E-state index contributed by atoms with van der Waals surface area (Å²) < 4.78 is 2.01. The van der Waals surface area contributed by atoms with Crippen molar-refractivity contribution in [2.45, 2.75) is 12.3 Å². The Labute approximate surface area is 101 Å². The molecule has 0 saturated heterocycles. The standard InChI is InChI=1S/C13H17N3O/c1-16-9-8-15-13(16)12(6-7-14)10-2-4-11(17)5-3-10/h2-5,8-9,12,17H,6-7,14H2,1H3. The molecule has 0 amide bonds. The Morgan fingerprint density at radius 1 is 1.35 bits per heavy atom. The number of nitrogens with two attached hydrogens (primary N) is 1. The summed E-state index contributed by atoms with van der Waals surface area (Å²) in [4.78, 5) is 4.38. The van der Waals surface area contributed by atoms with Crippen molar-refractivity contribution < 1.29 is 5.11 Å². The molecule has 2 rings (SSSR count). The molecule has 4 heteroatoms. The zero-order chi connectivity index (χ0) is 12.3. The third-order valence-corrected chi connectivity index (χ3v) is 2.92. The minimum Gasteiger partial charge on any atom is -0.508 e. The number of nitrogens with zero attached hydrogens (tertiary/aromatic N) is 2. The predicted octanol–water partition coefficient (Wildman–Crippen LogP) is 1.61. The Morgan fingerprint density at radius 2 is 2.06 bits per heavy atom. The third kappa shape index (κ3) is 2.47.